The summed E-state index contributed by atoms with van der Waals surface area (Å²) in [7, 11) is 1.41. The Balaban J connectivity index is 2.72. The molecule has 0 heterocycles. The molecule has 82 valence electrons. The van der Waals surface area contributed by atoms with Crippen LogP contribution in [-0.2, 0) is 22.5 Å². The Labute approximate surface area is 90.4 Å². The summed E-state index contributed by atoms with van der Waals surface area (Å²) in [4.78, 5) is 11.2. The quantitative estimate of drug-likeness (QED) is 0.744. The van der Waals surface area contributed by atoms with Crippen LogP contribution in [-0.4, -0.2) is 19.6 Å². The number of rotatable bonds is 5. The number of carbonyl (C=O) groups is 1. The lowest BCUT2D eigenvalue weighted by molar-refractivity contribution is -0.139. The molecule has 0 saturated carbocycles. The van der Waals surface area contributed by atoms with Crippen molar-refractivity contribution >= 4 is 5.97 Å². The standard InChI is InChI=1S/C12H17NO2/c1-3-13-9-11-7-5-4-6-10(11)8-12(14)15-2/h4-7,13H,3,8-9H2,1-2H3. The van der Waals surface area contributed by atoms with E-state index >= 15 is 0 Å². The highest BCUT2D eigenvalue weighted by atomic mass is 16.5. The first-order chi connectivity index (χ1) is 7.27. The SMILES string of the molecule is CCNCc1ccccc1CC(=O)OC. The molecule has 0 spiro atoms. The minimum absolute atomic E-state index is 0.195. The highest BCUT2D eigenvalue weighted by Gasteiger charge is 2.06. The molecule has 0 bridgehead atoms. The van der Waals surface area contributed by atoms with Crippen LogP contribution in [0.25, 0.3) is 0 Å². The van der Waals surface area contributed by atoms with Crippen LogP contribution in [0.3, 0.4) is 0 Å². The summed E-state index contributed by atoms with van der Waals surface area (Å²) in [5.41, 5.74) is 2.19. The van der Waals surface area contributed by atoms with Crippen LogP contribution in [0.15, 0.2) is 24.3 Å². The van der Waals surface area contributed by atoms with Gasteiger partial charge in [-0.15, -0.1) is 0 Å². The second kappa shape index (κ2) is 6.19. The number of benzene rings is 1. The molecular formula is C12H17NO2. The average Bonchev–Trinajstić information content (AvgIpc) is 2.28. The van der Waals surface area contributed by atoms with Crippen molar-refractivity contribution in [1.29, 1.82) is 0 Å². The van der Waals surface area contributed by atoms with Gasteiger partial charge in [0.2, 0.25) is 0 Å². The van der Waals surface area contributed by atoms with Gasteiger partial charge < -0.3 is 10.1 Å². The predicted octanol–water partition coefficient (Wildman–Crippen LogP) is 1.51. The van der Waals surface area contributed by atoms with E-state index in [-0.39, 0.29) is 5.97 Å². The first-order valence-corrected chi connectivity index (χ1v) is 5.12. The fourth-order valence-corrected chi connectivity index (χ4v) is 1.39. The zero-order chi connectivity index (χ0) is 11.1. The van der Waals surface area contributed by atoms with Crippen LogP contribution in [0.5, 0.6) is 0 Å². The molecule has 0 unspecified atom stereocenters. The van der Waals surface area contributed by atoms with Crippen LogP contribution in [0, 0.1) is 0 Å². The van der Waals surface area contributed by atoms with Gasteiger partial charge in [-0.2, -0.15) is 0 Å². The smallest absolute Gasteiger partial charge is 0.309 e. The molecule has 1 rings (SSSR count). The van der Waals surface area contributed by atoms with Gasteiger partial charge in [0.25, 0.3) is 0 Å². The van der Waals surface area contributed by atoms with Gasteiger partial charge in [-0.25, -0.2) is 0 Å². The third-order valence-corrected chi connectivity index (χ3v) is 2.25. The highest BCUT2D eigenvalue weighted by molar-refractivity contribution is 5.72. The van der Waals surface area contributed by atoms with E-state index in [4.69, 9.17) is 0 Å². The second-order valence-electron chi connectivity index (χ2n) is 3.30. The van der Waals surface area contributed by atoms with E-state index in [2.05, 4.69) is 17.0 Å². The van der Waals surface area contributed by atoms with Gasteiger partial charge in [-0.3, -0.25) is 4.79 Å². The third kappa shape index (κ3) is 3.72. The molecule has 0 aliphatic carbocycles. The first kappa shape index (κ1) is 11.7. The first-order valence-electron chi connectivity index (χ1n) is 5.12. The molecule has 0 saturated heterocycles. The molecule has 0 radical (unpaired) electrons. The van der Waals surface area contributed by atoms with Crippen molar-refractivity contribution in [3.05, 3.63) is 35.4 Å². The Kier molecular flexibility index (Phi) is 4.84. The summed E-state index contributed by atoms with van der Waals surface area (Å²) < 4.78 is 4.65. The van der Waals surface area contributed by atoms with E-state index in [1.165, 1.54) is 7.11 Å². The van der Waals surface area contributed by atoms with Crippen LogP contribution in [0.4, 0.5) is 0 Å². The fourth-order valence-electron chi connectivity index (χ4n) is 1.39. The van der Waals surface area contributed by atoms with Crippen LogP contribution < -0.4 is 5.32 Å². The lowest BCUT2D eigenvalue weighted by Crippen LogP contribution is -2.15. The van der Waals surface area contributed by atoms with Gasteiger partial charge in [-0.05, 0) is 17.7 Å². The van der Waals surface area contributed by atoms with Crippen molar-refractivity contribution in [1.82, 2.24) is 5.32 Å². The minimum Gasteiger partial charge on any atom is -0.469 e. The number of carbonyl (C=O) groups excluding carboxylic acids is 1. The minimum atomic E-state index is -0.195. The Morgan fingerprint density at radius 1 is 1.33 bits per heavy atom. The van der Waals surface area contributed by atoms with E-state index in [1.54, 1.807) is 0 Å². The molecule has 3 heteroatoms. The number of esters is 1. The van der Waals surface area contributed by atoms with Crippen molar-refractivity contribution in [3.63, 3.8) is 0 Å². The Bertz CT molecular complexity index is 323. The normalized spacial score (nSPS) is 10.0. The van der Waals surface area contributed by atoms with Gasteiger partial charge in [0.1, 0.15) is 0 Å². The van der Waals surface area contributed by atoms with Crippen molar-refractivity contribution in [3.8, 4) is 0 Å². The summed E-state index contributed by atoms with van der Waals surface area (Å²) in [6.45, 7) is 3.78. The van der Waals surface area contributed by atoms with Crippen LogP contribution in [0.1, 0.15) is 18.1 Å². The molecule has 0 aromatic heterocycles. The van der Waals surface area contributed by atoms with Crippen LogP contribution >= 0.6 is 0 Å². The molecule has 0 aliphatic rings. The van der Waals surface area contributed by atoms with Crippen molar-refractivity contribution in [2.45, 2.75) is 19.9 Å². The van der Waals surface area contributed by atoms with E-state index in [0.717, 1.165) is 24.2 Å². The number of hydrogen-bond donors (Lipinski definition) is 1. The van der Waals surface area contributed by atoms with Crippen molar-refractivity contribution in [2.24, 2.45) is 0 Å². The van der Waals surface area contributed by atoms with E-state index in [0.29, 0.717) is 6.42 Å². The molecule has 1 N–H and O–H groups in total. The molecule has 0 fully saturated rings. The second-order valence-corrected chi connectivity index (χ2v) is 3.30. The zero-order valence-corrected chi connectivity index (χ0v) is 9.25. The number of methoxy groups -OCH3 is 1. The molecule has 3 nitrogen and oxygen atoms in total. The number of nitrogens with one attached hydrogen (secondary N) is 1. The molecule has 0 amide bonds. The summed E-state index contributed by atoms with van der Waals surface area (Å²) in [6.07, 6.45) is 0.345. The van der Waals surface area contributed by atoms with E-state index in [1.807, 2.05) is 24.3 Å². The summed E-state index contributed by atoms with van der Waals surface area (Å²) in [6, 6.07) is 7.91. The maximum Gasteiger partial charge on any atom is 0.309 e. The third-order valence-electron chi connectivity index (χ3n) is 2.25. The maximum atomic E-state index is 11.2. The topological polar surface area (TPSA) is 38.3 Å². The average molecular weight is 207 g/mol. The number of ether oxygens (including phenoxy) is 1. The molecule has 0 aliphatic heterocycles. The molecule has 1 aromatic carbocycles. The predicted molar refractivity (Wildman–Crippen MR) is 59.5 cm³/mol. The number of hydrogen-bond acceptors (Lipinski definition) is 3. The Morgan fingerprint density at radius 3 is 2.60 bits per heavy atom. The fraction of sp³-hybridized carbons (Fsp3) is 0.417. The lowest BCUT2D eigenvalue weighted by Gasteiger charge is -2.08. The largest absolute Gasteiger partial charge is 0.469 e. The van der Waals surface area contributed by atoms with Gasteiger partial charge >= 0.3 is 5.97 Å². The van der Waals surface area contributed by atoms with Gasteiger partial charge in [0.15, 0.2) is 0 Å². The molecule has 15 heavy (non-hydrogen) atoms. The Hall–Kier alpha value is -1.35. The monoisotopic (exact) mass is 207 g/mol. The van der Waals surface area contributed by atoms with Gasteiger partial charge in [0, 0.05) is 6.54 Å². The molecular weight excluding hydrogens is 190 g/mol. The van der Waals surface area contributed by atoms with Crippen molar-refractivity contribution in [2.75, 3.05) is 13.7 Å². The summed E-state index contributed by atoms with van der Waals surface area (Å²) >= 11 is 0. The van der Waals surface area contributed by atoms with Gasteiger partial charge in [-0.1, -0.05) is 31.2 Å². The molecule has 0 atom stereocenters. The Morgan fingerprint density at radius 2 is 2.00 bits per heavy atom. The van der Waals surface area contributed by atoms with Gasteiger partial charge in [0.05, 0.1) is 13.5 Å². The van der Waals surface area contributed by atoms with E-state index in [9.17, 15) is 4.79 Å². The molecule has 1 aromatic rings. The highest BCUT2D eigenvalue weighted by Crippen LogP contribution is 2.09. The zero-order valence-electron chi connectivity index (χ0n) is 9.25. The van der Waals surface area contributed by atoms with Crippen molar-refractivity contribution < 1.29 is 9.53 Å². The summed E-state index contributed by atoms with van der Waals surface area (Å²) in [5.74, 6) is -0.195. The lowest BCUT2D eigenvalue weighted by atomic mass is 10.0. The van der Waals surface area contributed by atoms with E-state index < -0.39 is 0 Å². The maximum absolute atomic E-state index is 11.2. The van der Waals surface area contributed by atoms with Crippen LogP contribution in [0.2, 0.25) is 0 Å². The summed E-state index contributed by atoms with van der Waals surface area (Å²) in [5, 5.41) is 3.24.